The van der Waals surface area contributed by atoms with Crippen molar-refractivity contribution in [3.8, 4) is 5.88 Å². The monoisotopic (exact) mass is 282 g/mol. The molecule has 0 amide bonds. The Kier molecular flexibility index (Phi) is 3.77. The number of H-pyrrole nitrogens is 1. The van der Waals surface area contributed by atoms with Gasteiger partial charge in [0, 0.05) is 12.0 Å². The van der Waals surface area contributed by atoms with Crippen LogP contribution >= 0.6 is 0 Å². The Morgan fingerprint density at radius 3 is 2.55 bits per heavy atom. The molecule has 2 rings (SSSR count). The number of hydrogen-bond donors (Lipinski definition) is 2. The Balaban J connectivity index is 2.46. The van der Waals surface area contributed by atoms with E-state index in [1.807, 2.05) is 20.8 Å². The van der Waals surface area contributed by atoms with Crippen molar-refractivity contribution in [2.45, 2.75) is 52.7 Å². The summed E-state index contributed by atoms with van der Waals surface area (Å²) in [7, 11) is 0. The predicted octanol–water partition coefficient (Wildman–Crippen LogP) is 1.18. The van der Waals surface area contributed by atoms with E-state index in [2.05, 4.69) is 4.98 Å². The summed E-state index contributed by atoms with van der Waals surface area (Å²) < 4.78 is 6.94. The SMILES string of the molecule is CCOC1CC(n2c(O)c(CC)c(=O)[nH]c2=O)C1(C)C. The lowest BCUT2D eigenvalue weighted by atomic mass is 9.64. The third-order valence-electron chi connectivity index (χ3n) is 4.37. The van der Waals surface area contributed by atoms with Gasteiger partial charge in [-0.25, -0.2) is 4.79 Å². The van der Waals surface area contributed by atoms with Gasteiger partial charge in [0.05, 0.1) is 17.7 Å². The van der Waals surface area contributed by atoms with Gasteiger partial charge >= 0.3 is 5.69 Å². The van der Waals surface area contributed by atoms with Gasteiger partial charge in [-0.05, 0) is 19.8 Å². The number of nitrogens with one attached hydrogen (secondary N) is 1. The average molecular weight is 282 g/mol. The fourth-order valence-electron chi connectivity index (χ4n) is 2.97. The second-order valence-corrected chi connectivity index (χ2v) is 5.80. The van der Waals surface area contributed by atoms with Crippen LogP contribution in [0.4, 0.5) is 0 Å². The minimum Gasteiger partial charge on any atom is -0.494 e. The highest BCUT2D eigenvalue weighted by atomic mass is 16.5. The molecular weight excluding hydrogens is 260 g/mol. The first-order chi connectivity index (χ1) is 9.34. The number of aromatic hydroxyl groups is 1. The minimum absolute atomic E-state index is 0.0563. The maximum absolute atomic E-state index is 12.0. The van der Waals surface area contributed by atoms with E-state index in [-0.39, 0.29) is 29.0 Å². The molecule has 0 aliphatic heterocycles. The van der Waals surface area contributed by atoms with Crippen LogP contribution in [0.1, 0.15) is 45.7 Å². The lowest BCUT2D eigenvalue weighted by molar-refractivity contribution is -0.130. The van der Waals surface area contributed by atoms with E-state index in [4.69, 9.17) is 4.74 Å². The molecule has 1 fully saturated rings. The van der Waals surface area contributed by atoms with Crippen LogP contribution < -0.4 is 11.2 Å². The molecular formula is C14H22N2O4. The zero-order valence-corrected chi connectivity index (χ0v) is 12.4. The Morgan fingerprint density at radius 2 is 2.05 bits per heavy atom. The molecule has 1 aromatic heterocycles. The van der Waals surface area contributed by atoms with E-state index in [9.17, 15) is 14.7 Å². The van der Waals surface area contributed by atoms with Crippen molar-refractivity contribution in [2.24, 2.45) is 5.41 Å². The third kappa shape index (κ3) is 2.08. The summed E-state index contributed by atoms with van der Waals surface area (Å²) in [6, 6.07) is -0.173. The van der Waals surface area contributed by atoms with E-state index in [1.165, 1.54) is 4.57 Å². The molecule has 1 heterocycles. The predicted molar refractivity (Wildman–Crippen MR) is 75.2 cm³/mol. The summed E-state index contributed by atoms with van der Waals surface area (Å²) in [6.07, 6.45) is 1.09. The summed E-state index contributed by atoms with van der Waals surface area (Å²) >= 11 is 0. The first-order valence-corrected chi connectivity index (χ1v) is 7.02. The fourth-order valence-corrected chi connectivity index (χ4v) is 2.97. The Labute approximate surface area is 117 Å². The van der Waals surface area contributed by atoms with Crippen LogP contribution in [0.25, 0.3) is 0 Å². The number of aromatic nitrogens is 2. The van der Waals surface area contributed by atoms with Gasteiger partial charge in [0.25, 0.3) is 5.56 Å². The second kappa shape index (κ2) is 5.09. The highest BCUT2D eigenvalue weighted by molar-refractivity contribution is 5.24. The van der Waals surface area contributed by atoms with Crippen molar-refractivity contribution in [3.05, 3.63) is 26.4 Å². The van der Waals surface area contributed by atoms with Crippen molar-refractivity contribution in [1.29, 1.82) is 0 Å². The summed E-state index contributed by atoms with van der Waals surface area (Å²) in [5, 5.41) is 10.2. The van der Waals surface area contributed by atoms with Crippen molar-refractivity contribution in [3.63, 3.8) is 0 Å². The highest BCUT2D eigenvalue weighted by Crippen LogP contribution is 2.51. The Hall–Kier alpha value is -1.56. The number of nitrogens with zero attached hydrogens (tertiary/aromatic N) is 1. The lowest BCUT2D eigenvalue weighted by Crippen LogP contribution is -2.54. The zero-order valence-electron chi connectivity index (χ0n) is 12.4. The quantitative estimate of drug-likeness (QED) is 0.868. The molecule has 20 heavy (non-hydrogen) atoms. The molecule has 0 spiro atoms. The molecule has 0 aromatic carbocycles. The molecule has 1 aromatic rings. The van der Waals surface area contributed by atoms with Crippen molar-refractivity contribution in [1.82, 2.24) is 9.55 Å². The average Bonchev–Trinajstić information content (AvgIpc) is 2.37. The molecule has 1 aliphatic carbocycles. The molecule has 2 N–H and O–H groups in total. The molecule has 0 radical (unpaired) electrons. The molecule has 0 bridgehead atoms. The summed E-state index contributed by atoms with van der Waals surface area (Å²) in [6.45, 7) is 8.33. The van der Waals surface area contributed by atoms with Gasteiger partial charge in [0.2, 0.25) is 5.88 Å². The van der Waals surface area contributed by atoms with Gasteiger partial charge in [-0.1, -0.05) is 20.8 Å². The van der Waals surface area contributed by atoms with Crippen LogP contribution in [0.15, 0.2) is 9.59 Å². The normalized spacial score (nSPS) is 24.4. The molecule has 6 nitrogen and oxygen atoms in total. The van der Waals surface area contributed by atoms with Crippen LogP contribution in [-0.2, 0) is 11.2 Å². The first kappa shape index (κ1) is 14.8. The zero-order chi connectivity index (χ0) is 15.1. The molecule has 2 atom stereocenters. The van der Waals surface area contributed by atoms with Crippen molar-refractivity contribution < 1.29 is 9.84 Å². The van der Waals surface area contributed by atoms with Gasteiger partial charge in [-0.3, -0.25) is 14.3 Å². The maximum atomic E-state index is 12.0. The lowest BCUT2D eigenvalue weighted by Gasteiger charge is -2.51. The van der Waals surface area contributed by atoms with Crippen LogP contribution in [0, 0.1) is 5.41 Å². The summed E-state index contributed by atoms with van der Waals surface area (Å²) in [5.41, 5.74) is -1.08. The molecule has 1 aliphatic rings. The number of aromatic amines is 1. The van der Waals surface area contributed by atoms with Crippen LogP contribution in [0.2, 0.25) is 0 Å². The smallest absolute Gasteiger partial charge is 0.331 e. The van der Waals surface area contributed by atoms with Gasteiger partial charge < -0.3 is 9.84 Å². The number of hydrogen-bond acceptors (Lipinski definition) is 4. The summed E-state index contributed by atoms with van der Waals surface area (Å²) in [4.78, 5) is 26.0. The standard InChI is InChI=1S/C14H22N2O4/c1-5-8-11(17)15-13(19)16(12(8)18)9-7-10(20-6-2)14(9,3)4/h9-10,18H,5-7H2,1-4H3,(H,15,17,19). The molecule has 112 valence electrons. The van der Waals surface area contributed by atoms with Crippen LogP contribution in [0.3, 0.4) is 0 Å². The van der Waals surface area contributed by atoms with Gasteiger partial charge in [0.1, 0.15) is 0 Å². The van der Waals surface area contributed by atoms with E-state index >= 15 is 0 Å². The molecule has 2 unspecified atom stereocenters. The van der Waals surface area contributed by atoms with Crippen molar-refractivity contribution >= 4 is 0 Å². The van der Waals surface area contributed by atoms with Gasteiger partial charge in [0.15, 0.2) is 0 Å². The largest absolute Gasteiger partial charge is 0.494 e. The molecule has 0 saturated heterocycles. The fraction of sp³-hybridized carbons (Fsp3) is 0.714. The first-order valence-electron chi connectivity index (χ1n) is 7.02. The number of ether oxygens (including phenoxy) is 1. The van der Waals surface area contributed by atoms with E-state index in [0.29, 0.717) is 19.4 Å². The van der Waals surface area contributed by atoms with E-state index < -0.39 is 11.2 Å². The number of rotatable bonds is 4. The molecule has 1 saturated carbocycles. The Bertz CT molecular complexity index is 615. The highest BCUT2D eigenvalue weighted by Gasteiger charge is 2.51. The van der Waals surface area contributed by atoms with Crippen LogP contribution in [-0.4, -0.2) is 27.4 Å². The second-order valence-electron chi connectivity index (χ2n) is 5.80. The molecule has 6 heteroatoms. The summed E-state index contributed by atoms with van der Waals surface area (Å²) in [5.74, 6) is -0.214. The minimum atomic E-state index is -0.558. The topological polar surface area (TPSA) is 84.3 Å². The van der Waals surface area contributed by atoms with E-state index in [0.717, 1.165) is 0 Å². The van der Waals surface area contributed by atoms with Gasteiger partial charge in [-0.15, -0.1) is 0 Å². The Morgan fingerprint density at radius 1 is 1.40 bits per heavy atom. The van der Waals surface area contributed by atoms with Crippen molar-refractivity contribution in [2.75, 3.05) is 6.61 Å². The third-order valence-corrected chi connectivity index (χ3v) is 4.37. The maximum Gasteiger partial charge on any atom is 0.331 e. The van der Waals surface area contributed by atoms with Crippen LogP contribution in [0.5, 0.6) is 5.88 Å². The van der Waals surface area contributed by atoms with Gasteiger partial charge in [-0.2, -0.15) is 0 Å². The van der Waals surface area contributed by atoms with E-state index in [1.54, 1.807) is 6.92 Å².